The van der Waals surface area contributed by atoms with Gasteiger partial charge in [-0.25, -0.2) is 9.37 Å². The lowest BCUT2D eigenvalue weighted by atomic mass is 9.79. The van der Waals surface area contributed by atoms with Gasteiger partial charge >= 0.3 is 0 Å². The molecule has 2 aromatic carbocycles. The summed E-state index contributed by atoms with van der Waals surface area (Å²) >= 11 is 6.36. The summed E-state index contributed by atoms with van der Waals surface area (Å²) in [6, 6.07) is 8.88. The fraction of sp³-hybridized carbons (Fsp3) is 0.292. The van der Waals surface area contributed by atoms with Crippen LogP contribution < -0.4 is 10.9 Å². The lowest BCUT2D eigenvalue weighted by Gasteiger charge is -2.51. The fourth-order valence-corrected chi connectivity index (χ4v) is 4.66. The van der Waals surface area contributed by atoms with Crippen molar-refractivity contribution in [2.45, 2.75) is 31.3 Å². The first kappa shape index (κ1) is 20.7. The number of carbonyl (C=O) groups excluding carboxylic acids is 1. The summed E-state index contributed by atoms with van der Waals surface area (Å²) in [7, 11) is 0. The smallest absolute Gasteiger partial charge is 0.264 e. The largest absolute Gasteiger partial charge is 0.370 e. The van der Waals surface area contributed by atoms with Crippen molar-refractivity contribution in [2.75, 3.05) is 18.4 Å². The van der Waals surface area contributed by atoms with Crippen LogP contribution in [-0.2, 0) is 10.3 Å². The molecule has 2 heterocycles. The number of benzene rings is 2. The highest BCUT2D eigenvalue weighted by Gasteiger charge is 2.47. The molecule has 0 radical (unpaired) electrons. The van der Waals surface area contributed by atoms with E-state index in [4.69, 9.17) is 11.6 Å². The molecule has 0 unspecified atom stereocenters. The first-order chi connectivity index (χ1) is 15.3. The molecule has 8 heteroatoms. The van der Waals surface area contributed by atoms with Gasteiger partial charge < -0.3 is 10.2 Å². The number of nitrogens with zero attached hydrogens (tertiary/aromatic N) is 3. The van der Waals surface area contributed by atoms with Crippen LogP contribution in [0.25, 0.3) is 10.9 Å². The monoisotopic (exact) mass is 452 g/mol. The van der Waals surface area contributed by atoms with Crippen LogP contribution in [0.2, 0.25) is 5.02 Å². The number of hydrogen-bond acceptors (Lipinski definition) is 4. The van der Waals surface area contributed by atoms with Crippen LogP contribution in [0.3, 0.4) is 0 Å². The fourth-order valence-electron chi connectivity index (χ4n) is 4.48. The van der Waals surface area contributed by atoms with Crippen molar-refractivity contribution < 1.29 is 9.18 Å². The summed E-state index contributed by atoms with van der Waals surface area (Å²) in [5.41, 5.74) is 1.11. The van der Waals surface area contributed by atoms with E-state index in [0.717, 1.165) is 24.0 Å². The Morgan fingerprint density at radius 2 is 2.06 bits per heavy atom. The van der Waals surface area contributed by atoms with Gasteiger partial charge in [0.05, 0.1) is 36.2 Å². The van der Waals surface area contributed by atoms with E-state index in [-0.39, 0.29) is 28.6 Å². The summed E-state index contributed by atoms with van der Waals surface area (Å²) in [4.78, 5) is 31.0. The maximum absolute atomic E-state index is 15.7. The second-order valence-corrected chi connectivity index (χ2v) is 8.93. The van der Waals surface area contributed by atoms with Crippen LogP contribution >= 0.6 is 11.6 Å². The number of anilines is 1. The molecule has 1 aliphatic heterocycles. The lowest BCUT2D eigenvalue weighted by molar-refractivity contribution is -0.132. The van der Waals surface area contributed by atoms with Crippen LogP contribution in [0.5, 0.6) is 0 Å². The van der Waals surface area contributed by atoms with E-state index < -0.39 is 11.4 Å². The van der Waals surface area contributed by atoms with Gasteiger partial charge in [-0.1, -0.05) is 30.3 Å². The Balaban J connectivity index is 1.60. The van der Waals surface area contributed by atoms with E-state index in [0.29, 0.717) is 23.6 Å². The molecule has 0 spiro atoms. The Bertz CT molecular complexity index is 1330. The number of halogens is 2. The second-order valence-electron chi connectivity index (χ2n) is 8.53. The molecule has 1 aromatic heterocycles. The van der Waals surface area contributed by atoms with Crippen molar-refractivity contribution in [3.63, 3.8) is 0 Å². The third kappa shape index (κ3) is 3.19. The first-order valence-electron chi connectivity index (χ1n) is 10.5. The molecule has 164 valence electrons. The normalized spacial score (nSPS) is 17.2. The third-order valence-corrected chi connectivity index (χ3v) is 6.80. The Morgan fingerprint density at radius 3 is 2.75 bits per heavy atom. The van der Waals surface area contributed by atoms with Crippen LogP contribution in [0.15, 0.2) is 54.1 Å². The van der Waals surface area contributed by atoms with Gasteiger partial charge in [-0.3, -0.25) is 14.2 Å². The minimum absolute atomic E-state index is 0.0271. The highest BCUT2D eigenvalue weighted by Crippen LogP contribution is 2.40. The van der Waals surface area contributed by atoms with Crippen molar-refractivity contribution in [3.05, 3.63) is 81.6 Å². The van der Waals surface area contributed by atoms with Crippen molar-refractivity contribution in [1.29, 1.82) is 0 Å². The van der Waals surface area contributed by atoms with Gasteiger partial charge in [0.15, 0.2) is 5.82 Å². The minimum atomic E-state index is -0.750. The first-order valence-corrected chi connectivity index (χ1v) is 10.9. The molecule has 1 saturated heterocycles. The Labute approximate surface area is 189 Å². The Hall–Kier alpha value is -3.19. The van der Waals surface area contributed by atoms with Crippen molar-refractivity contribution in [2.24, 2.45) is 0 Å². The topological polar surface area (TPSA) is 67.2 Å². The van der Waals surface area contributed by atoms with E-state index in [1.807, 2.05) is 19.1 Å². The lowest BCUT2D eigenvalue weighted by Crippen LogP contribution is -2.65. The van der Waals surface area contributed by atoms with Crippen LogP contribution in [-0.4, -0.2) is 33.4 Å². The number of carbonyl (C=O) groups is 1. The molecule has 32 heavy (non-hydrogen) atoms. The molecule has 1 N–H and O–H groups in total. The van der Waals surface area contributed by atoms with E-state index >= 15 is 4.39 Å². The predicted octanol–water partition coefficient (Wildman–Crippen LogP) is 4.17. The standard InChI is InChI=1S/C24H22ClFN4O2/c1-3-20(31)29-11-24(12-29,16-5-4-6-17(25)14(16)2)28-19-10-9-18-21(22(19)26)23(32)30(13-27-18)15-7-8-15/h3-6,9-10,13,15,28H,1,7-8,11-12H2,2H3. The number of fused-ring (bicyclic) bond motifs is 1. The zero-order valence-electron chi connectivity index (χ0n) is 17.6. The Morgan fingerprint density at radius 1 is 1.31 bits per heavy atom. The number of rotatable bonds is 5. The maximum Gasteiger partial charge on any atom is 0.264 e. The molecule has 0 atom stereocenters. The maximum atomic E-state index is 15.7. The van der Waals surface area contributed by atoms with E-state index in [1.54, 1.807) is 23.1 Å². The molecular weight excluding hydrogens is 431 g/mol. The molecule has 3 aromatic rings. The number of likely N-dealkylation sites (tertiary alicyclic amines) is 1. The van der Waals surface area contributed by atoms with Gasteiger partial charge in [0.2, 0.25) is 5.91 Å². The highest BCUT2D eigenvalue weighted by molar-refractivity contribution is 6.31. The molecular formula is C24H22ClFN4O2. The van der Waals surface area contributed by atoms with Gasteiger partial charge in [-0.05, 0) is 55.2 Å². The van der Waals surface area contributed by atoms with Gasteiger partial charge in [0.25, 0.3) is 5.56 Å². The average molecular weight is 453 g/mol. The van der Waals surface area contributed by atoms with Crippen LogP contribution in [0.4, 0.5) is 10.1 Å². The van der Waals surface area contributed by atoms with Crippen molar-refractivity contribution >= 4 is 34.1 Å². The number of amides is 1. The number of aromatic nitrogens is 2. The van der Waals surface area contributed by atoms with Crippen LogP contribution in [0, 0.1) is 12.7 Å². The van der Waals surface area contributed by atoms with Gasteiger partial charge in [-0.2, -0.15) is 0 Å². The van der Waals surface area contributed by atoms with Crippen LogP contribution in [0.1, 0.15) is 30.0 Å². The molecule has 2 fully saturated rings. The van der Waals surface area contributed by atoms with E-state index in [9.17, 15) is 9.59 Å². The van der Waals surface area contributed by atoms with Gasteiger partial charge in [-0.15, -0.1) is 0 Å². The highest BCUT2D eigenvalue weighted by atomic mass is 35.5. The zero-order valence-corrected chi connectivity index (χ0v) is 18.3. The van der Waals surface area contributed by atoms with Gasteiger partial charge in [0.1, 0.15) is 5.39 Å². The summed E-state index contributed by atoms with van der Waals surface area (Å²) in [6.07, 6.45) is 4.56. The molecule has 2 aliphatic rings. The quantitative estimate of drug-likeness (QED) is 0.590. The van der Waals surface area contributed by atoms with E-state index in [2.05, 4.69) is 16.9 Å². The van der Waals surface area contributed by atoms with E-state index in [1.165, 1.54) is 17.0 Å². The molecule has 0 bridgehead atoms. The number of nitrogens with one attached hydrogen (secondary N) is 1. The third-order valence-electron chi connectivity index (χ3n) is 6.39. The summed E-state index contributed by atoms with van der Waals surface area (Å²) in [6.45, 7) is 6.08. The SMILES string of the molecule is C=CC(=O)N1CC(Nc2ccc3ncn(C4CC4)c(=O)c3c2F)(c2cccc(Cl)c2C)C1. The molecule has 1 aliphatic carbocycles. The summed E-state index contributed by atoms with van der Waals surface area (Å²) in [5, 5.41) is 3.86. The molecule has 5 rings (SSSR count). The van der Waals surface area contributed by atoms with Crippen molar-refractivity contribution in [1.82, 2.24) is 14.5 Å². The zero-order chi connectivity index (χ0) is 22.6. The van der Waals surface area contributed by atoms with Gasteiger partial charge in [0, 0.05) is 11.1 Å². The summed E-state index contributed by atoms with van der Waals surface area (Å²) in [5.74, 6) is -0.833. The molecule has 1 saturated carbocycles. The number of hydrogen-bond donors (Lipinski definition) is 1. The predicted molar refractivity (Wildman–Crippen MR) is 122 cm³/mol. The molecule has 6 nitrogen and oxygen atoms in total. The van der Waals surface area contributed by atoms with Crippen molar-refractivity contribution in [3.8, 4) is 0 Å². The minimum Gasteiger partial charge on any atom is -0.370 e. The average Bonchev–Trinajstić information content (AvgIpc) is 3.59. The summed E-state index contributed by atoms with van der Waals surface area (Å²) < 4.78 is 17.2. The Kier molecular flexibility index (Phi) is 4.82. The molecule has 1 amide bonds. The second kappa shape index (κ2) is 7.45.